The van der Waals surface area contributed by atoms with Crippen molar-refractivity contribution in [2.45, 2.75) is 4.90 Å². The molecule has 2 aliphatic rings. The minimum Gasteiger partial charge on any atom is -0.491 e. The van der Waals surface area contributed by atoms with Crippen LogP contribution >= 0.6 is 34.4 Å². The van der Waals surface area contributed by atoms with Gasteiger partial charge in [0.1, 0.15) is 19.0 Å². The predicted molar refractivity (Wildman–Crippen MR) is 75.8 cm³/mol. The second-order valence-electron chi connectivity index (χ2n) is 3.59. The Bertz CT molecular complexity index is 419. The van der Waals surface area contributed by atoms with Crippen molar-refractivity contribution < 1.29 is 14.2 Å². The van der Waals surface area contributed by atoms with Crippen LogP contribution in [0.5, 0.6) is 17.2 Å². The average Bonchev–Trinajstić information content (AvgIpc) is 3.08. The third-order valence-electron chi connectivity index (χ3n) is 2.38. The molecule has 0 amide bonds. The Morgan fingerprint density at radius 1 is 0.722 bits per heavy atom. The summed E-state index contributed by atoms with van der Waals surface area (Å²) in [7, 11) is 0. The molecular weight excluding hydrogens is 288 g/mol. The molecule has 0 bridgehead atoms. The van der Waals surface area contributed by atoms with Crippen molar-refractivity contribution in [3.05, 3.63) is 21.5 Å². The normalized spacial score (nSPS) is 16.0. The Labute approximate surface area is 118 Å². The molecule has 0 fully saturated rings. The molecule has 3 nitrogen and oxygen atoms in total. The number of thiophene rings is 2. The van der Waals surface area contributed by atoms with Gasteiger partial charge in [0.15, 0.2) is 11.5 Å². The zero-order valence-corrected chi connectivity index (χ0v) is 12.0. The van der Waals surface area contributed by atoms with E-state index in [1.807, 2.05) is 22.5 Å². The Morgan fingerprint density at radius 3 is 2.06 bits per heavy atom. The van der Waals surface area contributed by atoms with Crippen molar-refractivity contribution in [1.29, 1.82) is 0 Å². The standard InChI is InChI=1S/C6H6O2S.C6H6OS2/c1-2-8-6-4-9-3-5(6)7-1;1-2-9-6-4-8-3-5(6)7-1/h2*3-4H,1-2H2. The summed E-state index contributed by atoms with van der Waals surface area (Å²) in [6.07, 6.45) is 0. The number of hydrogen-bond donors (Lipinski definition) is 0. The van der Waals surface area contributed by atoms with Crippen LogP contribution in [0.15, 0.2) is 26.4 Å². The smallest absolute Gasteiger partial charge is 0.172 e. The van der Waals surface area contributed by atoms with Gasteiger partial charge < -0.3 is 14.2 Å². The molecule has 18 heavy (non-hydrogen) atoms. The van der Waals surface area contributed by atoms with E-state index >= 15 is 0 Å². The fourth-order valence-electron chi connectivity index (χ4n) is 1.57. The molecule has 0 saturated heterocycles. The highest BCUT2D eigenvalue weighted by Gasteiger charge is 2.10. The van der Waals surface area contributed by atoms with Gasteiger partial charge in [-0.05, 0) is 0 Å². The SMILES string of the molecule is c1scc2c1OCCO2.c1scc2c1OCCS2. The van der Waals surface area contributed by atoms with Crippen LogP contribution in [0.4, 0.5) is 0 Å². The number of ether oxygens (including phenoxy) is 3. The largest absolute Gasteiger partial charge is 0.491 e. The Balaban J connectivity index is 0.000000111. The van der Waals surface area contributed by atoms with Crippen LogP contribution in [0, 0.1) is 0 Å². The van der Waals surface area contributed by atoms with E-state index < -0.39 is 0 Å². The molecule has 0 radical (unpaired) electrons. The van der Waals surface area contributed by atoms with Gasteiger partial charge in [-0.1, -0.05) is 0 Å². The molecule has 0 aliphatic carbocycles. The second kappa shape index (κ2) is 5.86. The Morgan fingerprint density at radius 2 is 1.33 bits per heavy atom. The van der Waals surface area contributed by atoms with Gasteiger partial charge in [0.25, 0.3) is 0 Å². The van der Waals surface area contributed by atoms with Crippen molar-refractivity contribution in [2.24, 2.45) is 0 Å². The van der Waals surface area contributed by atoms with E-state index in [4.69, 9.17) is 14.2 Å². The monoisotopic (exact) mass is 300 g/mol. The summed E-state index contributed by atoms with van der Waals surface area (Å²) in [5, 5.41) is 8.10. The highest BCUT2D eigenvalue weighted by Crippen LogP contribution is 2.35. The number of fused-ring (bicyclic) bond motifs is 2. The van der Waals surface area contributed by atoms with Crippen LogP contribution in [0.3, 0.4) is 0 Å². The lowest BCUT2D eigenvalue weighted by Crippen LogP contribution is -2.13. The van der Waals surface area contributed by atoms with Crippen LogP contribution in [-0.2, 0) is 0 Å². The van der Waals surface area contributed by atoms with Gasteiger partial charge >= 0.3 is 0 Å². The molecule has 2 aromatic heterocycles. The molecule has 0 N–H and O–H groups in total. The minimum absolute atomic E-state index is 0.684. The van der Waals surface area contributed by atoms with E-state index in [0.29, 0.717) is 13.2 Å². The van der Waals surface area contributed by atoms with Crippen LogP contribution in [0.25, 0.3) is 0 Å². The predicted octanol–water partition coefficient (Wildman–Crippen LogP) is 3.75. The Kier molecular flexibility index (Phi) is 3.97. The van der Waals surface area contributed by atoms with Crippen molar-refractivity contribution >= 4 is 34.4 Å². The third kappa shape index (κ3) is 2.76. The summed E-state index contributed by atoms with van der Waals surface area (Å²) in [6.45, 7) is 2.24. The molecule has 0 spiro atoms. The first kappa shape index (κ1) is 12.2. The first-order valence-electron chi connectivity index (χ1n) is 5.57. The molecule has 6 heteroatoms. The summed E-state index contributed by atoms with van der Waals surface area (Å²) in [4.78, 5) is 1.31. The number of thioether (sulfide) groups is 1. The van der Waals surface area contributed by atoms with E-state index in [1.54, 1.807) is 22.7 Å². The van der Waals surface area contributed by atoms with E-state index in [2.05, 4.69) is 10.8 Å². The molecule has 96 valence electrons. The first-order valence-corrected chi connectivity index (χ1v) is 8.44. The van der Waals surface area contributed by atoms with Crippen molar-refractivity contribution in [3.63, 3.8) is 0 Å². The maximum absolute atomic E-state index is 5.35. The molecular formula is C12H12O3S3. The van der Waals surface area contributed by atoms with Crippen LogP contribution < -0.4 is 14.2 Å². The van der Waals surface area contributed by atoms with Gasteiger partial charge in [-0.2, -0.15) is 0 Å². The highest BCUT2D eigenvalue weighted by atomic mass is 32.2. The summed E-state index contributed by atoms with van der Waals surface area (Å²) in [5.74, 6) is 3.97. The van der Waals surface area contributed by atoms with E-state index in [-0.39, 0.29) is 0 Å². The molecule has 4 rings (SSSR count). The van der Waals surface area contributed by atoms with Crippen molar-refractivity contribution in [3.8, 4) is 17.2 Å². The summed E-state index contributed by atoms with van der Waals surface area (Å²) >= 11 is 5.20. The molecule has 0 atom stereocenters. The molecule has 2 aliphatic heterocycles. The fourth-order valence-corrected chi connectivity index (χ4v) is 4.04. The van der Waals surface area contributed by atoms with Crippen LogP contribution in [0.2, 0.25) is 0 Å². The zero-order valence-electron chi connectivity index (χ0n) is 9.59. The van der Waals surface area contributed by atoms with Gasteiger partial charge in [0.2, 0.25) is 0 Å². The molecule has 0 saturated carbocycles. The van der Waals surface area contributed by atoms with E-state index in [1.165, 1.54) is 4.90 Å². The first-order chi connectivity index (χ1) is 8.93. The van der Waals surface area contributed by atoms with Crippen LogP contribution in [0.1, 0.15) is 0 Å². The average molecular weight is 300 g/mol. The van der Waals surface area contributed by atoms with Gasteiger partial charge in [-0.3, -0.25) is 0 Å². The van der Waals surface area contributed by atoms with Gasteiger partial charge in [0.05, 0.1) is 11.5 Å². The van der Waals surface area contributed by atoms with Crippen molar-refractivity contribution in [2.75, 3.05) is 25.6 Å². The molecule has 0 unspecified atom stereocenters. The third-order valence-corrected chi connectivity index (χ3v) is 4.96. The minimum atomic E-state index is 0.684. The zero-order chi connectivity index (χ0) is 12.2. The molecule has 2 aromatic rings. The maximum atomic E-state index is 5.35. The second-order valence-corrected chi connectivity index (χ2v) is 6.22. The van der Waals surface area contributed by atoms with Crippen LogP contribution in [-0.4, -0.2) is 25.6 Å². The number of rotatable bonds is 0. The van der Waals surface area contributed by atoms with Gasteiger partial charge in [-0.15, -0.1) is 34.4 Å². The lowest BCUT2D eigenvalue weighted by molar-refractivity contribution is 0.173. The summed E-state index contributed by atoms with van der Waals surface area (Å²) in [5.41, 5.74) is 0. The number of hydrogen-bond acceptors (Lipinski definition) is 6. The van der Waals surface area contributed by atoms with Crippen molar-refractivity contribution in [1.82, 2.24) is 0 Å². The molecule has 0 aromatic carbocycles. The summed E-state index contributed by atoms with van der Waals surface area (Å²) in [6, 6.07) is 0. The maximum Gasteiger partial charge on any atom is 0.172 e. The fraction of sp³-hybridized carbons (Fsp3) is 0.333. The van der Waals surface area contributed by atoms with E-state index in [9.17, 15) is 0 Å². The molecule has 4 heterocycles. The quantitative estimate of drug-likeness (QED) is 0.740. The summed E-state index contributed by atoms with van der Waals surface area (Å²) < 4.78 is 15.9. The van der Waals surface area contributed by atoms with E-state index in [0.717, 1.165) is 29.6 Å². The lowest BCUT2D eigenvalue weighted by atomic mass is 10.5. The lowest BCUT2D eigenvalue weighted by Gasteiger charge is -2.13. The highest BCUT2D eigenvalue weighted by molar-refractivity contribution is 7.99. The van der Waals surface area contributed by atoms with Gasteiger partial charge in [0, 0.05) is 27.3 Å². The topological polar surface area (TPSA) is 27.7 Å². The Hall–Kier alpha value is -0.850. The van der Waals surface area contributed by atoms with Gasteiger partial charge in [-0.25, -0.2) is 0 Å².